The topological polar surface area (TPSA) is 66.6 Å². The molecule has 0 spiro atoms. The molecule has 0 saturated carbocycles. The predicted molar refractivity (Wildman–Crippen MR) is 67.7 cm³/mol. The minimum atomic E-state index is -0.0824. The molecule has 1 aliphatic heterocycles. The zero-order chi connectivity index (χ0) is 12.4. The van der Waals surface area contributed by atoms with Crippen molar-refractivity contribution in [2.24, 2.45) is 5.73 Å². The number of rotatable bonds is 3. The lowest BCUT2D eigenvalue weighted by Crippen LogP contribution is -2.25. The number of hydrogen-bond acceptors (Lipinski definition) is 4. The van der Waals surface area contributed by atoms with Crippen molar-refractivity contribution >= 4 is 11.5 Å². The van der Waals surface area contributed by atoms with Crippen molar-refractivity contribution in [1.82, 2.24) is 0 Å². The highest BCUT2D eigenvalue weighted by Crippen LogP contribution is 2.35. The average Bonchev–Trinajstić information content (AvgIpc) is 2.31. The van der Waals surface area contributed by atoms with Crippen molar-refractivity contribution in [2.45, 2.75) is 19.3 Å². The van der Waals surface area contributed by atoms with Gasteiger partial charge in [-0.25, -0.2) is 0 Å². The molecule has 92 valence electrons. The Hall–Kier alpha value is -1.55. The van der Waals surface area contributed by atoms with Gasteiger partial charge in [0.15, 0.2) is 5.78 Å². The first-order valence-corrected chi connectivity index (χ1v) is 5.94. The van der Waals surface area contributed by atoms with Gasteiger partial charge in [0.25, 0.3) is 0 Å². The number of fused-ring (bicyclic) bond motifs is 1. The third-order valence-corrected chi connectivity index (χ3v) is 3.26. The van der Waals surface area contributed by atoms with E-state index in [-0.39, 0.29) is 18.0 Å². The van der Waals surface area contributed by atoms with Gasteiger partial charge in [-0.1, -0.05) is 0 Å². The monoisotopic (exact) mass is 234 g/mol. The first-order chi connectivity index (χ1) is 8.15. The van der Waals surface area contributed by atoms with Crippen molar-refractivity contribution in [1.29, 1.82) is 0 Å². The molecule has 1 aromatic rings. The minimum Gasteiger partial charge on any atom is -0.507 e. The van der Waals surface area contributed by atoms with E-state index in [0.29, 0.717) is 12.1 Å². The highest BCUT2D eigenvalue weighted by Gasteiger charge is 2.21. The maximum Gasteiger partial charge on any atom is 0.167 e. The van der Waals surface area contributed by atoms with Crippen LogP contribution in [-0.4, -0.2) is 31.0 Å². The summed E-state index contributed by atoms with van der Waals surface area (Å²) < 4.78 is 0. The number of nitrogens with two attached hydrogens (primary N) is 1. The number of phenols is 1. The molecule has 0 fully saturated rings. The van der Waals surface area contributed by atoms with Crippen LogP contribution in [0.1, 0.15) is 28.8 Å². The molecule has 0 unspecified atom stereocenters. The zero-order valence-corrected chi connectivity index (χ0v) is 10.1. The van der Waals surface area contributed by atoms with E-state index in [4.69, 9.17) is 5.73 Å². The number of phenolic OH excluding ortho intramolecular Hbond substituents is 1. The summed E-state index contributed by atoms with van der Waals surface area (Å²) in [6.45, 7) is 1.30. The van der Waals surface area contributed by atoms with E-state index in [0.717, 1.165) is 30.6 Å². The molecule has 0 radical (unpaired) electrons. The van der Waals surface area contributed by atoms with Gasteiger partial charge in [-0.05, 0) is 31.5 Å². The van der Waals surface area contributed by atoms with E-state index in [9.17, 15) is 9.90 Å². The van der Waals surface area contributed by atoms with Gasteiger partial charge in [-0.15, -0.1) is 0 Å². The lowest BCUT2D eigenvalue weighted by Gasteiger charge is -2.28. The Morgan fingerprint density at radius 3 is 3.00 bits per heavy atom. The molecule has 0 saturated heterocycles. The second kappa shape index (κ2) is 4.75. The molecule has 0 amide bonds. The standard InChI is InChI=1S/C13H18N2O2/c1-15-8-2-3-9-11(15)5-4-10(13(9)17)12(16)6-7-14/h4-5,17H,2-3,6-8,14H2,1H3. The Bertz CT molecular complexity index is 443. The van der Waals surface area contributed by atoms with Crippen LogP contribution in [0.15, 0.2) is 12.1 Å². The van der Waals surface area contributed by atoms with Crippen LogP contribution in [-0.2, 0) is 6.42 Å². The highest BCUT2D eigenvalue weighted by molar-refractivity contribution is 5.99. The van der Waals surface area contributed by atoms with Gasteiger partial charge in [0.2, 0.25) is 0 Å². The first kappa shape index (κ1) is 11.9. The van der Waals surface area contributed by atoms with Crippen LogP contribution >= 0.6 is 0 Å². The highest BCUT2D eigenvalue weighted by atomic mass is 16.3. The van der Waals surface area contributed by atoms with Gasteiger partial charge < -0.3 is 15.7 Å². The summed E-state index contributed by atoms with van der Waals surface area (Å²) in [4.78, 5) is 13.9. The first-order valence-electron chi connectivity index (χ1n) is 5.94. The summed E-state index contributed by atoms with van der Waals surface area (Å²) in [7, 11) is 2.00. The number of Topliss-reactive ketones (excluding diaryl/α,β-unsaturated/α-hetero) is 1. The number of carbonyl (C=O) groups excluding carboxylic acids is 1. The lowest BCUT2D eigenvalue weighted by atomic mass is 9.95. The van der Waals surface area contributed by atoms with Crippen molar-refractivity contribution in [2.75, 3.05) is 25.0 Å². The molecule has 3 N–H and O–H groups in total. The van der Waals surface area contributed by atoms with E-state index in [1.54, 1.807) is 6.07 Å². The normalized spacial score (nSPS) is 14.6. The fourth-order valence-corrected chi connectivity index (χ4v) is 2.33. The van der Waals surface area contributed by atoms with Gasteiger partial charge in [-0.3, -0.25) is 4.79 Å². The van der Waals surface area contributed by atoms with Crippen LogP contribution in [0.2, 0.25) is 0 Å². The van der Waals surface area contributed by atoms with Gasteiger partial charge in [0.1, 0.15) is 5.75 Å². The molecule has 4 nitrogen and oxygen atoms in total. The summed E-state index contributed by atoms with van der Waals surface area (Å²) in [6.07, 6.45) is 2.11. The maximum absolute atomic E-state index is 11.8. The molecule has 0 aromatic heterocycles. The van der Waals surface area contributed by atoms with Crippen molar-refractivity contribution < 1.29 is 9.90 Å². The zero-order valence-electron chi connectivity index (χ0n) is 10.1. The summed E-state index contributed by atoms with van der Waals surface area (Å²) in [5.74, 6) is 0.0635. The molecule has 0 bridgehead atoms. The number of aromatic hydroxyl groups is 1. The smallest absolute Gasteiger partial charge is 0.167 e. The predicted octanol–water partition coefficient (Wildman–Crippen LogP) is 1.31. The van der Waals surface area contributed by atoms with E-state index < -0.39 is 0 Å². The molecule has 0 atom stereocenters. The molecule has 1 aromatic carbocycles. The van der Waals surface area contributed by atoms with E-state index >= 15 is 0 Å². The average molecular weight is 234 g/mol. The summed E-state index contributed by atoms with van der Waals surface area (Å²) in [6, 6.07) is 3.62. The maximum atomic E-state index is 11.8. The number of carbonyl (C=O) groups is 1. The fraction of sp³-hybridized carbons (Fsp3) is 0.462. The Morgan fingerprint density at radius 1 is 1.53 bits per heavy atom. The Balaban J connectivity index is 2.42. The second-order valence-corrected chi connectivity index (χ2v) is 4.45. The van der Waals surface area contributed by atoms with E-state index in [1.165, 1.54) is 0 Å². The molecule has 0 aliphatic carbocycles. The second-order valence-electron chi connectivity index (χ2n) is 4.45. The molecule has 1 aliphatic rings. The number of nitrogens with zero attached hydrogens (tertiary/aromatic N) is 1. The third-order valence-electron chi connectivity index (χ3n) is 3.26. The number of benzene rings is 1. The molecule has 2 rings (SSSR count). The van der Waals surface area contributed by atoms with Crippen LogP contribution < -0.4 is 10.6 Å². The number of anilines is 1. The molecule has 4 heteroatoms. The van der Waals surface area contributed by atoms with Gasteiger partial charge in [-0.2, -0.15) is 0 Å². The van der Waals surface area contributed by atoms with Crippen LogP contribution in [0.4, 0.5) is 5.69 Å². The molecular weight excluding hydrogens is 216 g/mol. The fourth-order valence-electron chi connectivity index (χ4n) is 2.33. The van der Waals surface area contributed by atoms with E-state index in [1.807, 2.05) is 13.1 Å². The van der Waals surface area contributed by atoms with Crippen molar-refractivity contribution in [3.63, 3.8) is 0 Å². The lowest BCUT2D eigenvalue weighted by molar-refractivity contribution is 0.0982. The minimum absolute atomic E-state index is 0.0824. The van der Waals surface area contributed by atoms with Gasteiger partial charge in [0, 0.05) is 31.3 Å². The Kier molecular flexibility index (Phi) is 3.33. The SMILES string of the molecule is CN1CCCc2c1ccc(C(=O)CCN)c2O. The van der Waals surface area contributed by atoms with Crippen molar-refractivity contribution in [3.05, 3.63) is 23.3 Å². The summed E-state index contributed by atoms with van der Waals surface area (Å²) >= 11 is 0. The molecular formula is C13H18N2O2. The Labute approximate surface area is 101 Å². The van der Waals surface area contributed by atoms with Crippen LogP contribution in [0, 0.1) is 0 Å². The number of ketones is 1. The largest absolute Gasteiger partial charge is 0.507 e. The summed E-state index contributed by atoms with van der Waals surface area (Å²) in [5, 5.41) is 10.2. The number of hydrogen-bond donors (Lipinski definition) is 2. The van der Waals surface area contributed by atoms with Crippen LogP contribution in [0.5, 0.6) is 5.75 Å². The van der Waals surface area contributed by atoms with Crippen molar-refractivity contribution in [3.8, 4) is 5.75 Å². The molecule has 1 heterocycles. The van der Waals surface area contributed by atoms with Gasteiger partial charge >= 0.3 is 0 Å². The quantitative estimate of drug-likeness (QED) is 0.774. The van der Waals surface area contributed by atoms with Crippen LogP contribution in [0.3, 0.4) is 0 Å². The van der Waals surface area contributed by atoms with Crippen LogP contribution in [0.25, 0.3) is 0 Å². The summed E-state index contributed by atoms with van der Waals surface area (Å²) in [5.41, 5.74) is 7.69. The van der Waals surface area contributed by atoms with E-state index in [2.05, 4.69) is 4.90 Å². The van der Waals surface area contributed by atoms with Gasteiger partial charge in [0.05, 0.1) is 5.56 Å². The Morgan fingerprint density at radius 2 is 2.29 bits per heavy atom. The molecule has 17 heavy (non-hydrogen) atoms. The third kappa shape index (κ3) is 2.13.